The van der Waals surface area contributed by atoms with Crippen molar-refractivity contribution in [3.8, 4) is 0 Å². The van der Waals surface area contributed by atoms with E-state index in [0.717, 1.165) is 11.3 Å². The monoisotopic (exact) mass is 205 g/mol. The van der Waals surface area contributed by atoms with Crippen molar-refractivity contribution in [2.75, 3.05) is 6.61 Å². The lowest BCUT2D eigenvalue weighted by Gasteiger charge is -2.16. The van der Waals surface area contributed by atoms with Crippen molar-refractivity contribution in [3.05, 3.63) is 35.9 Å². The van der Waals surface area contributed by atoms with E-state index in [0.29, 0.717) is 13.0 Å². The van der Waals surface area contributed by atoms with Gasteiger partial charge in [0.15, 0.2) is 0 Å². The highest BCUT2D eigenvalue weighted by Crippen LogP contribution is 2.34. The molecule has 0 radical (unpaired) electrons. The van der Waals surface area contributed by atoms with Crippen LogP contribution in [0.3, 0.4) is 0 Å². The molecule has 78 valence electrons. The second-order valence-corrected chi connectivity index (χ2v) is 3.84. The molecule has 2 heterocycles. The molecule has 15 heavy (non-hydrogen) atoms. The molecule has 0 bridgehead atoms. The zero-order chi connectivity index (χ0) is 10.3. The molecule has 0 amide bonds. The first-order chi connectivity index (χ1) is 7.28. The molecule has 1 aromatic carbocycles. The number of ether oxygens (including phenoxy) is 1. The van der Waals surface area contributed by atoms with Gasteiger partial charge in [0.1, 0.15) is 6.10 Å². The Bertz CT molecular complexity index is 400. The predicted molar refractivity (Wildman–Crippen MR) is 53.4 cm³/mol. The molecule has 0 saturated carbocycles. The molecule has 1 fully saturated rings. The maximum absolute atomic E-state index is 10.0. The molecule has 2 atom stereocenters. The Labute approximate surface area is 87.1 Å². The molecule has 0 spiro atoms. The minimum atomic E-state index is -1.24. The van der Waals surface area contributed by atoms with Gasteiger partial charge in [0.25, 0.3) is 5.79 Å². The molecule has 0 aliphatic carbocycles. The van der Waals surface area contributed by atoms with Crippen molar-refractivity contribution in [3.63, 3.8) is 0 Å². The van der Waals surface area contributed by atoms with E-state index in [9.17, 15) is 5.11 Å². The zero-order valence-corrected chi connectivity index (χ0v) is 8.09. The Hall–Kier alpha value is -1.39. The number of nitrogens with zero attached hydrogens (tertiary/aromatic N) is 1. The predicted octanol–water partition coefficient (Wildman–Crippen LogP) is 0.898. The minimum absolute atomic E-state index is 0.220. The van der Waals surface area contributed by atoms with E-state index in [1.54, 1.807) is 0 Å². The highest BCUT2D eigenvalue weighted by molar-refractivity contribution is 6.01. The summed E-state index contributed by atoms with van der Waals surface area (Å²) >= 11 is 0. The number of hydrogen-bond donors (Lipinski definition) is 1. The van der Waals surface area contributed by atoms with E-state index in [4.69, 9.17) is 9.57 Å². The van der Waals surface area contributed by atoms with Crippen LogP contribution in [0.5, 0.6) is 0 Å². The number of oxime groups is 1. The summed E-state index contributed by atoms with van der Waals surface area (Å²) in [6, 6.07) is 9.70. The Morgan fingerprint density at radius 1 is 1.33 bits per heavy atom. The van der Waals surface area contributed by atoms with Crippen molar-refractivity contribution in [2.24, 2.45) is 5.16 Å². The molecule has 2 aliphatic rings. The summed E-state index contributed by atoms with van der Waals surface area (Å²) in [5.41, 5.74) is 1.75. The summed E-state index contributed by atoms with van der Waals surface area (Å²) < 4.78 is 5.03. The number of aliphatic hydroxyl groups is 1. The second-order valence-electron chi connectivity index (χ2n) is 3.84. The normalized spacial score (nSPS) is 33.4. The standard InChI is InChI=1S/C11H11NO3/c13-11(10-7-14-10)6-9(12-15-11)8-4-2-1-3-5-8/h1-5,10,13H,6-7H2. The van der Waals surface area contributed by atoms with Crippen LogP contribution in [-0.4, -0.2) is 29.3 Å². The van der Waals surface area contributed by atoms with Gasteiger partial charge in [-0.3, -0.25) is 0 Å². The largest absolute Gasteiger partial charge is 0.366 e. The third-order valence-electron chi connectivity index (χ3n) is 2.68. The molecule has 2 aliphatic heterocycles. The van der Waals surface area contributed by atoms with Gasteiger partial charge in [0.2, 0.25) is 0 Å². The van der Waals surface area contributed by atoms with Gasteiger partial charge in [-0.25, -0.2) is 0 Å². The number of epoxide rings is 1. The van der Waals surface area contributed by atoms with E-state index < -0.39 is 5.79 Å². The molecule has 1 saturated heterocycles. The summed E-state index contributed by atoms with van der Waals surface area (Å²) in [5, 5.41) is 13.9. The van der Waals surface area contributed by atoms with Gasteiger partial charge in [-0.2, -0.15) is 0 Å². The third kappa shape index (κ3) is 1.52. The van der Waals surface area contributed by atoms with Gasteiger partial charge in [-0.1, -0.05) is 35.5 Å². The van der Waals surface area contributed by atoms with Gasteiger partial charge in [0.05, 0.1) is 18.7 Å². The highest BCUT2D eigenvalue weighted by atomic mass is 16.8. The average Bonchev–Trinajstić information content (AvgIpc) is 3.05. The van der Waals surface area contributed by atoms with Crippen molar-refractivity contribution in [1.29, 1.82) is 0 Å². The average molecular weight is 205 g/mol. The fourth-order valence-electron chi connectivity index (χ4n) is 1.71. The van der Waals surface area contributed by atoms with Gasteiger partial charge >= 0.3 is 0 Å². The third-order valence-corrected chi connectivity index (χ3v) is 2.68. The van der Waals surface area contributed by atoms with Gasteiger partial charge in [-0.15, -0.1) is 0 Å². The number of hydrogen-bond acceptors (Lipinski definition) is 4. The summed E-state index contributed by atoms with van der Waals surface area (Å²) in [6.45, 7) is 0.550. The first-order valence-corrected chi connectivity index (χ1v) is 4.92. The molecular formula is C11H11NO3. The summed E-state index contributed by atoms with van der Waals surface area (Å²) in [7, 11) is 0. The van der Waals surface area contributed by atoms with Crippen LogP contribution >= 0.6 is 0 Å². The second kappa shape index (κ2) is 3.05. The Kier molecular flexibility index (Phi) is 1.81. The van der Waals surface area contributed by atoms with E-state index in [2.05, 4.69) is 5.16 Å². The lowest BCUT2D eigenvalue weighted by atomic mass is 10.0. The molecule has 4 nitrogen and oxygen atoms in total. The summed E-state index contributed by atoms with van der Waals surface area (Å²) in [6.07, 6.45) is 0.171. The lowest BCUT2D eigenvalue weighted by Crippen LogP contribution is -2.35. The SMILES string of the molecule is OC1(C2CO2)CC(c2ccccc2)=NO1. The van der Waals surface area contributed by atoms with Gasteiger partial charge in [-0.05, 0) is 5.56 Å². The van der Waals surface area contributed by atoms with Crippen LogP contribution in [0, 0.1) is 0 Å². The molecule has 4 heteroatoms. The molecule has 2 unspecified atom stereocenters. The Morgan fingerprint density at radius 2 is 2.07 bits per heavy atom. The maximum atomic E-state index is 10.0. The van der Waals surface area contributed by atoms with Crippen LogP contribution in [0.15, 0.2) is 35.5 Å². The molecule has 0 aromatic heterocycles. The quantitative estimate of drug-likeness (QED) is 0.730. The van der Waals surface area contributed by atoms with E-state index >= 15 is 0 Å². The minimum Gasteiger partial charge on any atom is -0.366 e. The van der Waals surface area contributed by atoms with E-state index in [-0.39, 0.29) is 6.10 Å². The first-order valence-electron chi connectivity index (χ1n) is 4.92. The molecule has 3 rings (SSSR count). The van der Waals surface area contributed by atoms with E-state index in [1.165, 1.54) is 0 Å². The van der Waals surface area contributed by atoms with Crippen molar-refractivity contribution in [2.45, 2.75) is 18.3 Å². The zero-order valence-electron chi connectivity index (χ0n) is 8.09. The number of benzene rings is 1. The van der Waals surface area contributed by atoms with Gasteiger partial charge in [0, 0.05) is 0 Å². The first kappa shape index (κ1) is 8.88. The molecular weight excluding hydrogens is 194 g/mol. The van der Waals surface area contributed by atoms with Crippen LogP contribution in [-0.2, 0) is 9.57 Å². The summed E-state index contributed by atoms with van der Waals surface area (Å²) in [4.78, 5) is 5.05. The Balaban J connectivity index is 1.81. The topological polar surface area (TPSA) is 54.3 Å². The van der Waals surface area contributed by atoms with Crippen LogP contribution in [0.2, 0.25) is 0 Å². The van der Waals surface area contributed by atoms with Crippen LogP contribution in [0.25, 0.3) is 0 Å². The fourth-order valence-corrected chi connectivity index (χ4v) is 1.71. The Morgan fingerprint density at radius 3 is 2.73 bits per heavy atom. The van der Waals surface area contributed by atoms with Crippen molar-refractivity contribution >= 4 is 5.71 Å². The molecule has 1 N–H and O–H groups in total. The lowest BCUT2D eigenvalue weighted by molar-refractivity contribution is -0.197. The maximum Gasteiger partial charge on any atom is 0.268 e. The van der Waals surface area contributed by atoms with Crippen molar-refractivity contribution in [1.82, 2.24) is 0 Å². The van der Waals surface area contributed by atoms with E-state index in [1.807, 2.05) is 30.3 Å². The van der Waals surface area contributed by atoms with Crippen LogP contribution in [0.4, 0.5) is 0 Å². The smallest absolute Gasteiger partial charge is 0.268 e. The van der Waals surface area contributed by atoms with Crippen molar-refractivity contribution < 1.29 is 14.7 Å². The van der Waals surface area contributed by atoms with Crippen LogP contribution in [0.1, 0.15) is 12.0 Å². The van der Waals surface area contributed by atoms with Gasteiger partial charge < -0.3 is 14.7 Å². The highest BCUT2D eigenvalue weighted by Gasteiger charge is 2.52. The molecule has 1 aromatic rings. The fraction of sp³-hybridized carbons (Fsp3) is 0.364. The van der Waals surface area contributed by atoms with Crippen LogP contribution < -0.4 is 0 Å². The summed E-state index contributed by atoms with van der Waals surface area (Å²) in [5.74, 6) is -1.24. The number of rotatable bonds is 2.